The number of nitrogens with zero attached hydrogens (tertiary/aromatic N) is 1. The van der Waals surface area contributed by atoms with Gasteiger partial charge in [0.25, 0.3) is 5.91 Å². The first-order chi connectivity index (χ1) is 11.3. The molecule has 1 heterocycles. The van der Waals surface area contributed by atoms with Gasteiger partial charge in [0.1, 0.15) is 5.60 Å². The molecular weight excluding hydrogens is 312 g/mol. The Kier molecular flexibility index (Phi) is 5.56. The number of methoxy groups -OCH3 is 1. The quantitative estimate of drug-likeness (QED) is 0.835. The summed E-state index contributed by atoms with van der Waals surface area (Å²) in [6.45, 7) is 5.79. The summed E-state index contributed by atoms with van der Waals surface area (Å²) >= 11 is 0. The Labute approximate surface area is 141 Å². The van der Waals surface area contributed by atoms with Crippen molar-refractivity contribution in [3.8, 4) is 0 Å². The maximum Gasteiger partial charge on any atom is 0.356 e. The molecular formula is C17H22N2O5. The van der Waals surface area contributed by atoms with Crippen LogP contribution in [0.5, 0.6) is 0 Å². The highest BCUT2D eigenvalue weighted by atomic mass is 16.7. The molecule has 130 valence electrons. The van der Waals surface area contributed by atoms with E-state index in [9.17, 15) is 9.59 Å². The van der Waals surface area contributed by atoms with Crippen LogP contribution in [0.15, 0.2) is 29.4 Å². The van der Waals surface area contributed by atoms with E-state index in [1.807, 2.05) is 12.1 Å². The maximum atomic E-state index is 12.2. The van der Waals surface area contributed by atoms with Gasteiger partial charge < -0.3 is 19.6 Å². The first-order valence-electron chi connectivity index (χ1n) is 7.63. The van der Waals surface area contributed by atoms with Crippen molar-refractivity contribution < 1.29 is 23.9 Å². The third kappa shape index (κ3) is 5.06. The van der Waals surface area contributed by atoms with Crippen LogP contribution in [0.2, 0.25) is 0 Å². The summed E-state index contributed by atoms with van der Waals surface area (Å²) in [7, 11) is 1.62. The Bertz CT molecular complexity index is 631. The number of oxime groups is 1. The number of anilines is 1. The molecule has 7 heteroatoms. The zero-order valence-corrected chi connectivity index (χ0v) is 14.3. The number of benzene rings is 1. The number of carbonyl (C=O) groups excluding carboxylic acids is 2. The van der Waals surface area contributed by atoms with Crippen molar-refractivity contribution in [3.63, 3.8) is 0 Å². The normalized spacial score (nSPS) is 17.0. The van der Waals surface area contributed by atoms with E-state index in [1.165, 1.54) is 0 Å². The molecule has 0 saturated carbocycles. The molecule has 0 fully saturated rings. The zero-order chi connectivity index (χ0) is 17.7. The standard InChI is InChI=1S/C17H22N2O5/c1-17(2,3)23-16(21)13-9-14(24-19-13)15(20)18-12-7-5-11(6-8-12)10-22-4/h5-8,14H,9-10H2,1-4H3,(H,18,20)/t14-/m0/s1. The fourth-order valence-electron chi connectivity index (χ4n) is 2.05. The molecule has 24 heavy (non-hydrogen) atoms. The molecule has 1 N–H and O–H groups in total. The van der Waals surface area contributed by atoms with Crippen molar-refractivity contribution in [2.45, 2.75) is 45.5 Å². The zero-order valence-electron chi connectivity index (χ0n) is 14.3. The van der Waals surface area contributed by atoms with Crippen molar-refractivity contribution in [3.05, 3.63) is 29.8 Å². The lowest BCUT2D eigenvalue weighted by atomic mass is 10.1. The van der Waals surface area contributed by atoms with Crippen molar-refractivity contribution in [2.75, 3.05) is 12.4 Å². The van der Waals surface area contributed by atoms with Crippen LogP contribution in [0, 0.1) is 0 Å². The summed E-state index contributed by atoms with van der Waals surface area (Å²) in [5.41, 5.74) is 1.13. The highest BCUT2D eigenvalue weighted by Crippen LogP contribution is 2.17. The molecule has 0 aromatic heterocycles. The Morgan fingerprint density at radius 3 is 2.54 bits per heavy atom. The molecule has 0 bridgehead atoms. The molecule has 2 rings (SSSR count). The van der Waals surface area contributed by atoms with Gasteiger partial charge in [0.2, 0.25) is 6.10 Å². The number of hydrogen-bond acceptors (Lipinski definition) is 6. The monoisotopic (exact) mass is 334 g/mol. The third-order valence-electron chi connectivity index (χ3n) is 3.13. The van der Waals surface area contributed by atoms with Crippen molar-refractivity contribution in [1.82, 2.24) is 0 Å². The summed E-state index contributed by atoms with van der Waals surface area (Å²) in [4.78, 5) is 29.2. The Balaban J connectivity index is 1.88. The van der Waals surface area contributed by atoms with Crippen LogP contribution in [0.1, 0.15) is 32.8 Å². The first-order valence-corrected chi connectivity index (χ1v) is 7.63. The van der Waals surface area contributed by atoms with Crippen LogP contribution in [-0.4, -0.2) is 36.4 Å². The second-order valence-electron chi connectivity index (χ2n) is 6.46. The summed E-state index contributed by atoms with van der Waals surface area (Å²) in [5, 5.41) is 6.40. The van der Waals surface area contributed by atoms with Gasteiger partial charge in [0.15, 0.2) is 5.71 Å². The second-order valence-corrected chi connectivity index (χ2v) is 6.46. The van der Waals surface area contributed by atoms with Crippen molar-refractivity contribution in [1.29, 1.82) is 0 Å². The number of rotatable bonds is 5. The number of nitrogens with one attached hydrogen (secondary N) is 1. The van der Waals surface area contributed by atoms with Gasteiger partial charge in [0, 0.05) is 19.2 Å². The highest BCUT2D eigenvalue weighted by molar-refractivity contribution is 6.37. The fourth-order valence-corrected chi connectivity index (χ4v) is 2.05. The maximum absolute atomic E-state index is 12.2. The molecule has 0 spiro atoms. The molecule has 1 atom stereocenters. The smallest absolute Gasteiger partial charge is 0.356 e. The summed E-state index contributed by atoms with van der Waals surface area (Å²) < 4.78 is 10.2. The molecule has 1 aliphatic rings. The molecule has 0 aliphatic carbocycles. The number of carbonyl (C=O) groups is 2. The first kappa shape index (κ1) is 17.9. The predicted molar refractivity (Wildman–Crippen MR) is 88.6 cm³/mol. The Morgan fingerprint density at radius 1 is 1.29 bits per heavy atom. The SMILES string of the molecule is COCc1ccc(NC(=O)[C@@H]2CC(C(=O)OC(C)(C)C)=NO2)cc1. The number of ether oxygens (including phenoxy) is 2. The average molecular weight is 334 g/mol. The van der Waals surface area contributed by atoms with Gasteiger partial charge in [0.05, 0.1) is 6.61 Å². The molecule has 1 aromatic carbocycles. The average Bonchev–Trinajstić information content (AvgIpc) is 2.98. The number of esters is 1. The van der Waals surface area contributed by atoms with Gasteiger partial charge in [-0.15, -0.1) is 0 Å². The fraction of sp³-hybridized carbons (Fsp3) is 0.471. The lowest BCUT2D eigenvalue weighted by molar-refractivity contribution is -0.146. The Hall–Kier alpha value is -2.41. The topological polar surface area (TPSA) is 86.2 Å². The van der Waals surface area contributed by atoms with Gasteiger partial charge in [-0.25, -0.2) is 4.79 Å². The Morgan fingerprint density at radius 2 is 1.96 bits per heavy atom. The van der Waals surface area contributed by atoms with Crippen LogP contribution >= 0.6 is 0 Å². The van der Waals surface area contributed by atoms with E-state index in [2.05, 4.69) is 10.5 Å². The second kappa shape index (κ2) is 7.44. The van der Waals surface area contributed by atoms with Gasteiger partial charge in [-0.3, -0.25) is 4.79 Å². The van der Waals surface area contributed by atoms with Crippen molar-refractivity contribution >= 4 is 23.3 Å². The van der Waals surface area contributed by atoms with Crippen LogP contribution in [0.25, 0.3) is 0 Å². The van der Waals surface area contributed by atoms with E-state index in [0.717, 1.165) is 5.56 Å². The van der Waals surface area contributed by atoms with E-state index >= 15 is 0 Å². The minimum Gasteiger partial charge on any atom is -0.455 e. The van der Waals surface area contributed by atoms with E-state index < -0.39 is 17.7 Å². The molecule has 0 saturated heterocycles. The third-order valence-corrected chi connectivity index (χ3v) is 3.13. The van der Waals surface area contributed by atoms with E-state index in [0.29, 0.717) is 12.3 Å². The van der Waals surface area contributed by atoms with Crippen molar-refractivity contribution in [2.24, 2.45) is 5.16 Å². The highest BCUT2D eigenvalue weighted by Gasteiger charge is 2.34. The molecule has 7 nitrogen and oxygen atoms in total. The minimum absolute atomic E-state index is 0.0858. The summed E-state index contributed by atoms with van der Waals surface area (Å²) in [6.07, 6.45) is -0.756. The molecule has 1 aliphatic heterocycles. The largest absolute Gasteiger partial charge is 0.455 e. The van der Waals surface area contributed by atoms with E-state index in [4.69, 9.17) is 14.3 Å². The van der Waals surface area contributed by atoms with E-state index in [-0.39, 0.29) is 18.0 Å². The van der Waals surface area contributed by atoms with Crippen LogP contribution in [0.4, 0.5) is 5.69 Å². The van der Waals surface area contributed by atoms with E-state index in [1.54, 1.807) is 40.0 Å². The lowest BCUT2D eigenvalue weighted by Crippen LogP contribution is -2.31. The van der Waals surface area contributed by atoms with Gasteiger partial charge in [-0.2, -0.15) is 0 Å². The molecule has 1 amide bonds. The molecule has 0 unspecified atom stereocenters. The van der Waals surface area contributed by atoms with Crippen LogP contribution in [-0.2, 0) is 30.5 Å². The molecule has 1 aromatic rings. The number of amides is 1. The molecule has 0 radical (unpaired) electrons. The van der Waals surface area contributed by atoms with Crippen LogP contribution in [0.3, 0.4) is 0 Å². The predicted octanol–water partition coefficient (Wildman–Crippen LogP) is 2.26. The van der Waals surface area contributed by atoms with Gasteiger partial charge >= 0.3 is 5.97 Å². The minimum atomic E-state index is -0.842. The van der Waals surface area contributed by atoms with Crippen LogP contribution < -0.4 is 5.32 Å². The summed E-state index contributed by atoms with van der Waals surface area (Å²) in [5.74, 6) is -0.932. The van der Waals surface area contributed by atoms with Gasteiger partial charge in [-0.1, -0.05) is 17.3 Å². The van der Waals surface area contributed by atoms with Gasteiger partial charge in [-0.05, 0) is 38.5 Å². The lowest BCUT2D eigenvalue weighted by Gasteiger charge is -2.18. The summed E-state index contributed by atoms with van der Waals surface area (Å²) in [6, 6.07) is 7.27. The number of hydrogen-bond donors (Lipinski definition) is 1.